The molecule has 146 valence electrons. The SMILES string of the molecule is Cc1ccc(OCc2nnc(SCC(=O)Nc3cc(C)ccc3C)n2C)cc1. The van der Waals surface area contributed by atoms with Gasteiger partial charge in [0, 0.05) is 12.7 Å². The molecule has 1 N–H and O–H groups in total. The monoisotopic (exact) mass is 396 g/mol. The van der Waals surface area contributed by atoms with Gasteiger partial charge in [0.15, 0.2) is 11.0 Å². The molecular formula is C21H24N4O2S. The number of aromatic nitrogens is 3. The molecule has 0 spiro atoms. The molecule has 0 aliphatic rings. The Morgan fingerprint density at radius 3 is 2.54 bits per heavy atom. The Hall–Kier alpha value is -2.80. The van der Waals surface area contributed by atoms with E-state index in [1.807, 2.05) is 74.9 Å². The minimum Gasteiger partial charge on any atom is -0.486 e. The maximum Gasteiger partial charge on any atom is 0.234 e. The molecule has 0 aliphatic heterocycles. The number of anilines is 1. The van der Waals surface area contributed by atoms with Crippen LogP contribution < -0.4 is 10.1 Å². The molecule has 0 aliphatic carbocycles. The lowest BCUT2D eigenvalue weighted by molar-refractivity contribution is -0.113. The minimum atomic E-state index is -0.0702. The Balaban J connectivity index is 1.54. The Kier molecular flexibility index (Phi) is 6.36. The number of hydrogen-bond acceptors (Lipinski definition) is 5. The molecule has 3 rings (SSSR count). The zero-order valence-electron chi connectivity index (χ0n) is 16.5. The highest BCUT2D eigenvalue weighted by molar-refractivity contribution is 7.99. The number of ether oxygens (including phenoxy) is 1. The second kappa shape index (κ2) is 8.93. The molecule has 28 heavy (non-hydrogen) atoms. The molecule has 0 saturated heterocycles. The number of carbonyl (C=O) groups excluding carboxylic acids is 1. The number of nitrogens with one attached hydrogen (secondary N) is 1. The van der Waals surface area contributed by atoms with Crippen molar-refractivity contribution in [1.82, 2.24) is 14.8 Å². The molecule has 0 radical (unpaired) electrons. The first-order valence-corrected chi connectivity index (χ1v) is 9.98. The van der Waals surface area contributed by atoms with Crippen LogP contribution in [0.1, 0.15) is 22.5 Å². The molecule has 7 heteroatoms. The fourth-order valence-electron chi connectivity index (χ4n) is 2.57. The van der Waals surface area contributed by atoms with Gasteiger partial charge in [0.25, 0.3) is 0 Å². The van der Waals surface area contributed by atoms with Crippen LogP contribution >= 0.6 is 11.8 Å². The molecule has 1 amide bonds. The number of benzene rings is 2. The third kappa shape index (κ3) is 5.13. The number of aryl methyl sites for hydroxylation is 3. The summed E-state index contributed by atoms with van der Waals surface area (Å²) in [6.45, 7) is 6.34. The average Bonchev–Trinajstić information content (AvgIpc) is 3.02. The van der Waals surface area contributed by atoms with Crippen LogP contribution in [0, 0.1) is 20.8 Å². The van der Waals surface area contributed by atoms with Crippen LogP contribution in [0.2, 0.25) is 0 Å². The van der Waals surface area contributed by atoms with Gasteiger partial charge in [-0.2, -0.15) is 0 Å². The number of nitrogens with zero attached hydrogens (tertiary/aromatic N) is 3. The standard InChI is InChI=1S/C21H24N4O2S/c1-14-6-9-17(10-7-14)27-12-19-23-24-21(25(19)4)28-13-20(26)22-18-11-15(2)5-8-16(18)3/h5-11H,12-13H2,1-4H3,(H,22,26). The number of rotatable bonds is 7. The molecule has 0 unspecified atom stereocenters. The first kappa shape index (κ1) is 19.9. The van der Waals surface area contributed by atoms with E-state index >= 15 is 0 Å². The maximum absolute atomic E-state index is 12.3. The van der Waals surface area contributed by atoms with Crippen molar-refractivity contribution in [3.63, 3.8) is 0 Å². The number of thioether (sulfide) groups is 1. The van der Waals surface area contributed by atoms with Crippen LogP contribution in [-0.2, 0) is 18.4 Å². The Labute approximate surface area is 169 Å². The van der Waals surface area contributed by atoms with Gasteiger partial charge < -0.3 is 14.6 Å². The molecule has 1 heterocycles. The van der Waals surface area contributed by atoms with E-state index in [-0.39, 0.29) is 11.7 Å². The molecule has 1 aromatic heterocycles. The Bertz CT molecular complexity index is 967. The van der Waals surface area contributed by atoms with Crippen molar-refractivity contribution < 1.29 is 9.53 Å². The first-order valence-electron chi connectivity index (χ1n) is 9.00. The van der Waals surface area contributed by atoms with E-state index in [0.29, 0.717) is 17.6 Å². The summed E-state index contributed by atoms with van der Waals surface area (Å²) in [7, 11) is 1.87. The van der Waals surface area contributed by atoms with Crippen LogP contribution in [0.3, 0.4) is 0 Å². The molecular weight excluding hydrogens is 372 g/mol. The second-order valence-corrected chi connectivity index (χ2v) is 7.66. The molecule has 0 fully saturated rings. The lowest BCUT2D eigenvalue weighted by Gasteiger charge is -2.09. The lowest BCUT2D eigenvalue weighted by atomic mass is 10.1. The zero-order valence-corrected chi connectivity index (χ0v) is 17.3. The smallest absolute Gasteiger partial charge is 0.234 e. The number of amides is 1. The number of carbonyl (C=O) groups is 1. The van der Waals surface area contributed by atoms with Gasteiger partial charge in [0.05, 0.1) is 5.75 Å². The first-order chi connectivity index (χ1) is 13.4. The lowest BCUT2D eigenvalue weighted by Crippen LogP contribution is -2.15. The summed E-state index contributed by atoms with van der Waals surface area (Å²) >= 11 is 1.35. The van der Waals surface area contributed by atoms with E-state index in [1.165, 1.54) is 17.3 Å². The molecule has 6 nitrogen and oxygen atoms in total. The Morgan fingerprint density at radius 2 is 1.79 bits per heavy atom. The van der Waals surface area contributed by atoms with Crippen molar-refractivity contribution in [2.75, 3.05) is 11.1 Å². The highest BCUT2D eigenvalue weighted by Gasteiger charge is 2.13. The van der Waals surface area contributed by atoms with E-state index < -0.39 is 0 Å². The zero-order chi connectivity index (χ0) is 20.1. The summed E-state index contributed by atoms with van der Waals surface area (Å²) in [5, 5.41) is 12.0. The van der Waals surface area contributed by atoms with Gasteiger partial charge in [-0.15, -0.1) is 10.2 Å². The third-order valence-corrected chi connectivity index (χ3v) is 5.33. The van der Waals surface area contributed by atoms with E-state index in [4.69, 9.17) is 4.74 Å². The van der Waals surface area contributed by atoms with E-state index in [2.05, 4.69) is 15.5 Å². The second-order valence-electron chi connectivity index (χ2n) is 6.71. The van der Waals surface area contributed by atoms with Gasteiger partial charge in [-0.05, 0) is 50.1 Å². The summed E-state index contributed by atoms with van der Waals surface area (Å²) in [6.07, 6.45) is 0. The van der Waals surface area contributed by atoms with E-state index in [1.54, 1.807) is 0 Å². The minimum absolute atomic E-state index is 0.0702. The largest absolute Gasteiger partial charge is 0.486 e. The molecule has 0 bridgehead atoms. The van der Waals surface area contributed by atoms with Crippen molar-refractivity contribution in [3.05, 3.63) is 65.0 Å². The van der Waals surface area contributed by atoms with Crippen molar-refractivity contribution in [3.8, 4) is 5.75 Å². The predicted molar refractivity (Wildman–Crippen MR) is 112 cm³/mol. The quantitative estimate of drug-likeness (QED) is 0.610. The highest BCUT2D eigenvalue weighted by Crippen LogP contribution is 2.20. The van der Waals surface area contributed by atoms with Gasteiger partial charge in [0.2, 0.25) is 5.91 Å². The van der Waals surface area contributed by atoms with Crippen LogP contribution in [0.4, 0.5) is 5.69 Å². The molecule has 2 aromatic carbocycles. The van der Waals surface area contributed by atoms with E-state index in [9.17, 15) is 4.79 Å². The van der Waals surface area contributed by atoms with Crippen molar-refractivity contribution in [1.29, 1.82) is 0 Å². The summed E-state index contributed by atoms with van der Waals surface area (Å²) in [5.41, 5.74) is 4.18. The van der Waals surface area contributed by atoms with Gasteiger partial charge in [-0.25, -0.2) is 0 Å². The highest BCUT2D eigenvalue weighted by atomic mass is 32.2. The fraction of sp³-hybridized carbons (Fsp3) is 0.286. The van der Waals surface area contributed by atoms with Crippen LogP contribution in [0.25, 0.3) is 0 Å². The van der Waals surface area contributed by atoms with Gasteiger partial charge in [-0.1, -0.05) is 41.6 Å². The van der Waals surface area contributed by atoms with Crippen LogP contribution in [0.15, 0.2) is 47.6 Å². The maximum atomic E-state index is 12.3. The van der Waals surface area contributed by atoms with Gasteiger partial charge in [0.1, 0.15) is 12.4 Å². The van der Waals surface area contributed by atoms with Crippen molar-refractivity contribution >= 4 is 23.4 Å². The fourth-order valence-corrected chi connectivity index (χ4v) is 3.30. The van der Waals surface area contributed by atoms with Crippen molar-refractivity contribution in [2.45, 2.75) is 32.5 Å². The summed E-state index contributed by atoms with van der Waals surface area (Å²) in [6, 6.07) is 13.9. The predicted octanol–water partition coefficient (Wildman–Crippen LogP) is 4.05. The topological polar surface area (TPSA) is 69.0 Å². The summed E-state index contributed by atoms with van der Waals surface area (Å²) < 4.78 is 7.61. The molecule has 0 saturated carbocycles. The number of hydrogen-bond donors (Lipinski definition) is 1. The molecule has 3 aromatic rings. The van der Waals surface area contributed by atoms with Gasteiger partial charge in [-0.3, -0.25) is 4.79 Å². The van der Waals surface area contributed by atoms with Gasteiger partial charge >= 0.3 is 0 Å². The summed E-state index contributed by atoms with van der Waals surface area (Å²) in [5.74, 6) is 1.69. The average molecular weight is 397 g/mol. The Morgan fingerprint density at radius 1 is 1.07 bits per heavy atom. The van der Waals surface area contributed by atoms with Crippen LogP contribution in [-0.4, -0.2) is 26.4 Å². The van der Waals surface area contributed by atoms with Crippen molar-refractivity contribution in [2.24, 2.45) is 7.05 Å². The summed E-state index contributed by atoms with van der Waals surface area (Å²) in [4.78, 5) is 12.3. The van der Waals surface area contributed by atoms with Crippen LogP contribution in [0.5, 0.6) is 5.75 Å². The normalized spacial score (nSPS) is 10.7. The molecule has 0 atom stereocenters. The van der Waals surface area contributed by atoms with E-state index in [0.717, 1.165) is 22.6 Å². The third-order valence-electron chi connectivity index (χ3n) is 4.31.